The standard InChI is InChI=1S/C15H16ClNS/c16-13(15-8-4-10-18-15)11-17-9-3-6-12-5-1-2-7-14(12)17/h1-2,4-5,7-8,10,13H,3,6,9,11H2. The Bertz CT molecular complexity index is 509. The summed E-state index contributed by atoms with van der Waals surface area (Å²) in [7, 11) is 0. The lowest BCUT2D eigenvalue weighted by Crippen LogP contribution is -2.31. The summed E-state index contributed by atoms with van der Waals surface area (Å²) in [4.78, 5) is 3.69. The Morgan fingerprint density at radius 2 is 2.11 bits per heavy atom. The predicted molar refractivity (Wildman–Crippen MR) is 79.9 cm³/mol. The molecule has 94 valence electrons. The van der Waals surface area contributed by atoms with E-state index in [0.717, 1.165) is 13.1 Å². The van der Waals surface area contributed by atoms with Crippen molar-refractivity contribution in [2.24, 2.45) is 0 Å². The highest BCUT2D eigenvalue weighted by Gasteiger charge is 2.20. The largest absolute Gasteiger partial charge is 0.369 e. The first-order chi connectivity index (χ1) is 8.84. The molecule has 0 N–H and O–H groups in total. The van der Waals surface area contributed by atoms with Gasteiger partial charge in [0.15, 0.2) is 0 Å². The summed E-state index contributed by atoms with van der Waals surface area (Å²) in [5.74, 6) is 0. The highest BCUT2D eigenvalue weighted by molar-refractivity contribution is 7.10. The summed E-state index contributed by atoms with van der Waals surface area (Å²) in [5.41, 5.74) is 2.82. The van der Waals surface area contributed by atoms with Crippen molar-refractivity contribution in [2.45, 2.75) is 18.2 Å². The fraction of sp³-hybridized carbons (Fsp3) is 0.333. The lowest BCUT2D eigenvalue weighted by Gasteiger charge is -2.32. The van der Waals surface area contributed by atoms with Crippen molar-refractivity contribution in [2.75, 3.05) is 18.0 Å². The molecule has 0 fully saturated rings. The SMILES string of the molecule is ClC(CN1CCCc2ccccc21)c1cccs1. The molecule has 0 saturated heterocycles. The molecule has 0 saturated carbocycles. The smallest absolute Gasteiger partial charge is 0.0853 e. The molecule has 1 unspecified atom stereocenters. The third-order valence-electron chi connectivity index (χ3n) is 3.44. The normalized spacial score (nSPS) is 16.4. The minimum atomic E-state index is 0.0937. The number of anilines is 1. The molecular weight excluding hydrogens is 262 g/mol. The number of para-hydroxylation sites is 1. The minimum Gasteiger partial charge on any atom is -0.369 e. The first-order valence-corrected chi connectivity index (χ1v) is 7.66. The van der Waals surface area contributed by atoms with Crippen molar-refractivity contribution in [3.8, 4) is 0 Å². The number of hydrogen-bond donors (Lipinski definition) is 0. The third kappa shape index (κ3) is 2.40. The molecule has 0 bridgehead atoms. The maximum atomic E-state index is 6.52. The minimum absolute atomic E-state index is 0.0937. The van der Waals surface area contributed by atoms with Gasteiger partial charge in [0.1, 0.15) is 0 Å². The van der Waals surface area contributed by atoms with E-state index >= 15 is 0 Å². The van der Waals surface area contributed by atoms with Crippen LogP contribution in [-0.4, -0.2) is 13.1 Å². The number of benzene rings is 1. The number of fused-ring (bicyclic) bond motifs is 1. The van der Waals surface area contributed by atoms with Crippen molar-refractivity contribution in [1.82, 2.24) is 0 Å². The van der Waals surface area contributed by atoms with E-state index in [1.165, 1.54) is 29.0 Å². The molecule has 2 heterocycles. The average Bonchev–Trinajstić information content (AvgIpc) is 2.93. The van der Waals surface area contributed by atoms with E-state index in [9.17, 15) is 0 Å². The Kier molecular flexibility index (Phi) is 3.57. The third-order valence-corrected chi connectivity index (χ3v) is 4.93. The quantitative estimate of drug-likeness (QED) is 0.748. The van der Waals surface area contributed by atoms with Crippen molar-refractivity contribution in [3.05, 3.63) is 52.2 Å². The number of rotatable bonds is 3. The fourth-order valence-corrected chi connectivity index (χ4v) is 3.64. The fourth-order valence-electron chi connectivity index (χ4n) is 2.55. The van der Waals surface area contributed by atoms with Gasteiger partial charge in [-0.3, -0.25) is 0 Å². The van der Waals surface area contributed by atoms with Crippen LogP contribution >= 0.6 is 22.9 Å². The summed E-state index contributed by atoms with van der Waals surface area (Å²) in [6.07, 6.45) is 2.42. The Labute approximate surface area is 117 Å². The summed E-state index contributed by atoms with van der Waals surface area (Å²) >= 11 is 8.26. The van der Waals surface area contributed by atoms with Crippen molar-refractivity contribution >= 4 is 28.6 Å². The highest BCUT2D eigenvalue weighted by atomic mass is 35.5. The lowest BCUT2D eigenvalue weighted by molar-refractivity contribution is 0.683. The van der Waals surface area contributed by atoms with Crippen LogP contribution in [0.3, 0.4) is 0 Å². The van der Waals surface area contributed by atoms with Crippen LogP contribution < -0.4 is 4.90 Å². The van der Waals surface area contributed by atoms with Crippen molar-refractivity contribution in [3.63, 3.8) is 0 Å². The van der Waals surface area contributed by atoms with E-state index in [1.807, 2.05) is 0 Å². The van der Waals surface area contributed by atoms with Gasteiger partial charge in [0.25, 0.3) is 0 Å². The van der Waals surface area contributed by atoms with E-state index in [1.54, 1.807) is 11.3 Å². The molecule has 1 aromatic heterocycles. The molecular formula is C15H16ClNS. The average molecular weight is 278 g/mol. The summed E-state index contributed by atoms with van der Waals surface area (Å²) in [6, 6.07) is 12.9. The zero-order valence-electron chi connectivity index (χ0n) is 10.2. The molecule has 3 rings (SSSR count). The molecule has 1 atom stereocenters. The van der Waals surface area contributed by atoms with Gasteiger partial charge in [0.05, 0.1) is 5.38 Å². The van der Waals surface area contributed by atoms with Gasteiger partial charge in [0.2, 0.25) is 0 Å². The molecule has 1 aromatic carbocycles. The first kappa shape index (κ1) is 12.1. The van der Waals surface area contributed by atoms with Gasteiger partial charge in [-0.25, -0.2) is 0 Å². The number of halogens is 1. The Balaban J connectivity index is 1.78. The molecule has 0 amide bonds. The molecule has 0 radical (unpaired) electrons. The molecule has 2 aromatic rings. The monoisotopic (exact) mass is 277 g/mol. The van der Waals surface area contributed by atoms with Crippen LogP contribution in [0.15, 0.2) is 41.8 Å². The summed E-state index contributed by atoms with van der Waals surface area (Å²) in [6.45, 7) is 2.02. The van der Waals surface area contributed by atoms with Crippen LogP contribution in [0.25, 0.3) is 0 Å². The second kappa shape index (κ2) is 5.33. The van der Waals surface area contributed by atoms with E-state index in [-0.39, 0.29) is 5.38 Å². The van der Waals surface area contributed by atoms with Gasteiger partial charge in [0, 0.05) is 23.7 Å². The number of aryl methyl sites for hydroxylation is 1. The molecule has 1 nitrogen and oxygen atoms in total. The molecule has 0 aliphatic carbocycles. The molecule has 3 heteroatoms. The summed E-state index contributed by atoms with van der Waals surface area (Å²) < 4.78 is 0. The maximum absolute atomic E-state index is 6.52. The van der Waals surface area contributed by atoms with Gasteiger partial charge >= 0.3 is 0 Å². The van der Waals surface area contributed by atoms with Crippen molar-refractivity contribution < 1.29 is 0 Å². The first-order valence-electron chi connectivity index (χ1n) is 6.35. The second-order valence-corrected chi connectivity index (χ2v) is 6.17. The number of alkyl halides is 1. The van der Waals surface area contributed by atoms with Crippen molar-refractivity contribution in [1.29, 1.82) is 0 Å². The zero-order valence-corrected chi connectivity index (χ0v) is 11.8. The van der Waals surface area contributed by atoms with Crippen LogP contribution in [0, 0.1) is 0 Å². The second-order valence-electron chi connectivity index (χ2n) is 4.66. The molecule has 1 aliphatic rings. The van der Waals surface area contributed by atoms with Crippen LogP contribution in [0.1, 0.15) is 22.2 Å². The number of hydrogen-bond acceptors (Lipinski definition) is 2. The molecule has 18 heavy (non-hydrogen) atoms. The Morgan fingerprint density at radius 3 is 2.94 bits per heavy atom. The molecule has 0 spiro atoms. The topological polar surface area (TPSA) is 3.24 Å². The Morgan fingerprint density at radius 1 is 1.22 bits per heavy atom. The van der Waals surface area contributed by atoms with Crippen LogP contribution in [0.2, 0.25) is 0 Å². The van der Waals surface area contributed by atoms with Crippen LogP contribution in [0.5, 0.6) is 0 Å². The number of thiophene rings is 1. The lowest BCUT2D eigenvalue weighted by atomic mass is 10.0. The Hall–Kier alpha value is -0.990. The molecule has 1 aliphatic heterocycles. The zero-order chi connectivity index (χ0) is 12.4. The van der Waals surface area contributed by atoms with E-state index in [2.05, 4.69) is 46.7 Å². The predicted octanol–water partition coefficient (Wildman–Crippen LogP) is 4.48. The highest BCUT2D eigenvalue weighted by Crippen LogP contribution is 2.32. The van der Waals surface area contributed by atoms with Gasteiger partial charge in [-0.05, 0) is 35.9 Å². The number of nitrogens with zero attached hydrogens (tertiary/aromatic N) is 1. The van der Waals surface area contributed by atoms with Gasteiger partial charge in [-0.2, -0.15) is 0 Å². The van der Waals surface area contributed by atoms with Crippen LogP contribution in [0.4, 0.5) is 5.69 Å². The van der Waals surface area contributed by atoms with E-state index in [0.29, 0.717) is 0 Å². The van der Waals surface area contributed by atoms with E-state index in [4.69, 9.17) is 11.6 Å². The van der Waals surface area contributed by atoms with E-state index < -0.39 is 0 Å². The van der Waals surface area contributed by atoms with Gasteiger partial charge in [-0.15, -0.1) is 22.9 Å². The maximum Gasteiger partial charge on any atom is 0.0853 e. The summed E-state index contributed by atoms with van der Waals surface area (Å²) in [5, 5.41) is 2.19. The van der Waals surface area contributed by atoms with Gasteiger partial charge < -0.3 is 4.90 Å². The van der Waals surface area contributed by atoms with Crippen LogP contribution in [-0.2, 0) is 6.42 Å². The van der Waals surface area contributed by atoms with Gasteiger partial charge in [-0.1, -0.05) is 24.3 Å².